The van der Waals surface area contributed by atoms with Gasteiger partial charge < -0.3 is 19.1 Å². The molecule has 1 unspecified atom stereocenters. The largest absolute Gasteiger partial charge is 0.420 e. The van der Waals surface area contributed by atoms with Gasteiger partial charge in [-0.15, -0.1) is 0 Å². The van der Waals surface area contributed by atoms with Crippen LogP contribution in [0, 0.1) is 13.8 Å². The van der Waals surface area contributed by atoms with Crippen LogP contribution in [0.1, 0.15) is 22.5 Å². The van der Waals surface area contributed by atoms with E-state index in [1.807, 2.05) is 0 Å². The molecule has 0 bridgehead atoms. The number of rotatable bonds is 9. The Labute approximate surface area is 330 Å². The zero-order chi connectivity index (χ0) is 39.9. The summed E-state index contributed by atoms with van der Waals surface area (Å²) in [6, 6.07) is 21.6. The summed E-state index contributed by atoms with van der Waals surface area (Å²) >= 11 is 12.8. The second kappa shape index (κ2) is 15.1. The molecule has 3 heterocycles. The monoisotopic (exact) mass is 836 g/mol. The fourth-order valence-corrected chi connectivity index (χ4v) is 7.24. The van der Waals surface area contributed by atoms with E-state index in [0.717, 1.165) is 12.5 Å². The van der Waals surface area contributed by atoms with Gasteiger partial charge in [0.1, 0.15) is 11.4 Å². The van der Waals surface area contributed by atoms with Gasteiger partial charge in [-0.1, -0.05) is 35.3 Å². The first-order valence-corrected chi connectivity index (χ1v) is 20.9. The van der Waals surface area contributed by atoms with Crippen LogP contribution in [0.4, 0.5) is 11.4 Å². The number of ether oxygens (including phenoxy) is 3. The van der Waals surface area contributed by atoms with Crippen molar-refractivity contribution in [2.45, 2.75) is 30.1 Å². The molecule has 0 saturated carbocycles. The standard InChI is InChI=1S/C37H30Cl2N6O9S2/c1-21-29-19-40-31-17-27(55(3,47)48)11-13-33(31)51-37(52-35(29)44(42-21)25-9-5-7-23(38)15-25)53-36-30(22(2)43-45(36)26-10-6-8-24(39)16-26)20-41-32-18-28(56(4,49)50)12-14-34(32)54-46/h5-20,37,46H,1-4H3/b40-19+,41-20+. The van der Waals surface area contributed by atoms with Gasteiger partial charge in [0.2, 0.25) is 11.8 Å². The maximum atomic E-state index is 12.5. The highest BCUT2D eigenvalue weighted by Gasteiger charge is 2.30. The summed E-state index contributed by atoms with van der Waals surface area (Å²) in [5.41, 5.74) is 2.71. The zero-order valence-corrected chi connectivity index (χ0v) is 32.9. The first kappa shape index (κ1) is 38.6. The van der Waals surface area contributed by atoms with Crippen molar-refractivity contribution in [3.8, 4) is 34.6 Å². The van der Waals surface area contributed by atoms with E-state index in [1.54, 1.807) is 62.4 Å². The Hall–Kier alpha value is -5.72. The number of hydrogen-bond acceptors (Lipinski definition) is 13. The molecule has 1 N–H and O–H groups in total. The van der Waals surface area contributed by atoms with Gasteiger partial charge in [-0.3, -0.25) is 9.98 Å². The van der Waals surface area contributed by atoms with E-state index in [-0.39, 0.29) is 50.0 Å². The van der Waals surface area contributed by atoms with Gasteiger partial charge in [-0.25, -0.2) is 22.1 Å². The van der Waals surface area contributed by atoms with Gasteiger partial charge in [0.25, 0.3) is 0 Å². The van der Waals surface area contributed by atoms with E-state index in [1.165, 1.54) is 58.2 Å². The quantitative estimate of drug-likeness (QED) is 0.0877. The highest BCUT2D eigenvalue weighted by molar-refractivity contribution is 7.91. The number of aromatic nitrogens is 4. The number of hydrogen-bond donors (Lipinski definition) is 1. The lowest BCUT2D eigenvalue weighted by Gasteiger charge is -2.22. The van der Waals surface area contributed by atoms with E-state index in [0.29, 0.717) is 38.4 Å². The number of halogens is 2. The minimum atomic E-state index is -3.65. The van der Waals surface area contributed by atoms with Crippen LogP contribution in [0.25, 0.3) is 11.4 Å². The molecule has 288 valence electrons. The van der Waals surface area contributed by atoms with Gasteiger partial charge in [0.05, 0.1) is 43.7 Å². The molecular weight excluding hydrogens is 807 g/mol. The Morgan fingerprint density at radius 3 is 2.07 bits per heavy atom. The van der Waals surface area contributed by atoms with E-state index in [4.69, 9.17) is 42.5 Å². The van der Waals surface area contributed by atoms with Crippen molar-refractivity contribution in [3.05, 3.63) is 117 Å². The van der Waals surface area contributed by atoms with E-state index in [9.17, 15) is 22.1 Å². The molecule has 1 aliphatic rings. The molecule has 0 saturated heterocycles. The molecule has 19 heteroatoms. The highest BCUT2D eigenvalue weighted by atomic mass is 35.5. The molecule has 0 radical (unpaired) electrons. The second-order valence-electron chi connectivity index (χ2n) is 12.4. The van der Waals surface area contributed by atoms with Gasteiger partial charge in [-0.05, 0) is 86.6 Å². The van der Waals surface area contributed by atoms with E-state index >= 15 is 0 Å². The predicted octanol–water partition coefficient (Wildman–Crippen LogP) is 7.28. The van der Waals surface area contributed by atoms with Gasteiger partial charge in [0, 0.05) is 35.0 Å². The third kappa shape index (κ3) is 7.98. The number of sulfone groups is 2. The van der Waals surface area contributed by atoms with Crippen LogP contribution in [0.15, 0.2) is 105 Å². The fraction of sp³-hybridized carbons (Fsp3) is 0.135. The third-order valence-electron chi connectivity index (χ3n) is 8.35. The maximum Gasteiger partial charge on any atom is 0.409 e. The summed E-state index contributed by atoms with van der Waals surface area (Å²) in [6.45, 7) is 1.77. The molecule has 2 aromatic heterocycles. The summed E-state index contributed by atoms with van der Waals surface area (Å²) in [5.74, 6) is 0.136. The van der Waals surface area contributed by atoms with Crippen molar-refractivity contribution < 1.29 is 41.2 Å². The highest BCUT2D eigenvalue weighted by Crippen LogP contribution is 2.37. The van der Waals surface area contributed by atoms with Crippen molar-refractivity contribution >= 4 is 66.7 Å². The Morgan fingerprint density at radius 2 is 1.43 bits per heavy atom. The van der Waals surface area contributed by atoms with Crippen LogP contribution >= 0.6 is 23.2 Å². The number of fused-ring (bicyclic) bond motifs is 2. The number of aryl methyl sites for hydroxylation is 2. The molecule has 0 aliphatic carbocycles. The Morgan fingerprint density at radius 1 is 0.804 bits per heavy atom. The molecule has 7 rings (SSSR count). The molecule has 6 aromatic rings. The van der Waals surface area contributed by atoms with E-state index < -0.39 is 26.2 Å². The molecule has 0 spiro atoms. The van der Waals surface area contributed by atoms with Crippen molar-refractivity contribution in [2.24, 2.45) is 9.98 Å². The molecule has 0 fully saturated rings. The lowest BCUT2D eigenvalue weighted by atomic mass is 10.2. The maximum absolute atomic E-state index is 12.5. The number of nitrogens with zero attached hydrogens (tertiary/aromatic N) is 6. The summed E-state index contributed by atoms with van der Waals surface area (Å²) in [5, 5.41) is 19.8. The Balaban J connectivity index is 1.41. The first-order chi connectivity index (χ1) is 26.6. The zero-order valence-electron chi connectivity index (χ0n) is 29.8. The molecular formula is C37H30Cl2N6O9S2. The number of aliphatic imine (C=N–C) groups is 2. The average Bonchev–Trinajstić information content (AvgIpc) is 3.64. The lowest BCUT2D eigenvalue weighted by Crippen LogP contribution is -2.32. The summed E-state index contributed by atoms with van der Waals surface area (Å²) in [6.07, 6.45) is 4.95. The van der Waals surface area contributed by atoms with Crippen LogP contribution in [0.5, 0.6) is 23.3 Å². The Kier molecular flexibility index (Phi) is 10.4. The Bertz CT molecular complexity index is 2800. The van der Waals surface area contributed by atoms with Crippen LogP contribution < -0.4 is 19.1 Å². The SMILES string of the molecule is Cc1nn(-c2cccc(Cl)c2)c(OC2Oc3ccc(S(C)(=O)=O)cc3/N=C/c3c(C)nn(-c4cccc(Cl)c4)c3O2)c1/C=N/c1cc(S(C)(=O)=O)ccc1OO. The average molecular weight is 838 g/mol. The normalized spacial score (nSPS) is 14.8. The van der Waals surface area contributed by atoms with Crippen LogP contribution in [-0.2, 0) is 19.7 Å². The molecule has 4 aromatic carbocycles. The summed E-state index contributed by atoms with van der Waals surface area (Å²) in [7, 11) is -7.29. The van der Waals surface area contributed by atoms with Gasteiger partial charge >= 0.3 is 6.48 Å². The minimum absolute atomic E-state index is 0.000488. The smallest absolute Gasteiger partial charge is 0.409 e. The van der Waals surface area contributed by atoms with Crippen molar-refractivity contribution in [2.75, 3.05) is 12.5 Å². The molecule has 15 nitrogen and oxygen atoms in total. The van der Waals surface area contributed by atoms with Crippen molar-refractivity contribution in [1.82, 2.24) is 19.6 Å². The molecule has 0 amide bonds. The molecule has 56 heavy (non-hydrogen) atoms. The van der Waals surface area contributed by atoms with Gasteiger partial charge in [0.15, 0.2) is 31.2 Å². The lowest BCUT2D eigenvalue weighted by molar-refractivity contribution is -0.145. The van der Waals surface area contributed by atoms with Crippen LogP contribution in [0.2, 0.25) is 10.0 Å². The summed E-state index contributed by atoms with van der Waals surface area (Å²) < 4.78 is 72.2. The van der Waals surface area contributed by atoms with E-state index in [2.05, 4.69) is 20.0 Å². The van der Waals surface area contributed by atoms with Gasteiger partial charge in [-0.2, -0.15) is 19.6 Å². The second-order valence-corrected chi connectivity index (χ2v) is 17.3. The summed E-state index contributed by atoms with van der Waals surface area (Å²) in [4.78, 5) is 13.5. The molecule has 1 atom stereocenters. The van der Waals surface area contributed by atoms with Crippen LogP contribution in [0.3, 0.4) is 0 Å². The predicted molar refractivity (Wildman–Crippen MR) is 209 cm³/mol. The number of benzene rings is 4. The topological polar surface area (TPSA) is 186 Å². The minimum Gasteiger partial charge on any atom is -0.420 e. The fourth-order valence-electron chi connectivity index (χ4n) is 5.59. The molecule has 1 aliphatic heterocycles. The first-order valence-electron chi connectivity index (χ1n) is 16.4. The van der Waals surface area contributed by atoms with Crippen molar-refractivity contribution in [1.29, 1.82) is 0 Å². The van der Waals surface area contributed by atoms with Crippen molar-refractivity contribution in [3.63, 3.8) is 0 Å². The van der Waals surface area contributed by atoms with Crippen LogP contribution in [-0.4, -0.2) is 73.1 Å². The third-order valence-corrected chi connectivity index (χ3v) is 11.0.